The number of rotatable bonds is 10. The van der Waals surface area contributed by atoms with Crippen LogP contribution in [0.2, 0.25) is 5.02 Å². The Bertz CT molecular complexity index is 1170. The zero-order valence-corrected chi connectivity index (χ0v) is 20.7. The molecule has 0 bridgehead atoms. The Morgan fingerprint density at radius 3 is 2.53 bits per heavy atom. The van der Waals surface area contributed by atoms with Gasteiger partial charge >= 0.3 is 0 Å². The molecule has 2 amide bonds. The molecule has 0 radical (unpaired) electrons. The van der Waals surface area contributed by atoms with Gasteiger partial charge in [-0.15, -0.1) is 0 Å². The number of hydrazone groups is 1. The molecule has 176 valence electrons. The van der Waals surface area contributed by atoms with Crippen LogP contribution in [-0.4, -0.2) is 24.6 Å². The summed E-state index contributed by atoms with van der Waals surface area (Å²) in [4.78, 5) is 24.2. The van der Waals surface area contributed by atoms with Gasteiger partial charge in [-0.25, -0.2) is 5.43 Å². The van der Waals surface area contributed by atoms with Gasteiger partial charge in [0.05, 0.1) is 12.8 Å². The molecule has 0 saturated heterocycles. The van der Waals surface area contributed by atoms with Gasteiger partial charge in [-0.05, 0) is 55.5 Å². The number of benzene rings is 3. The Hall–Kier alpha value is -3.36. The first-order valence-corrected chi connectivity index (χ1v) is 11.6. The number of carbonyl (C=O) groups excluding carboxylic acids is 2. The van der Waals surface area contributed by atoms with Crippen molar-refractivity contribution in [3.63, 3.8) is 0 Å². The Kier molecular flexibility index (Phi) is 9.49. The van der Waals surface area contributed by atoms with E-state index in [-0.39, 0.29) is 13.0 Å². The lowest BCUT2D eigenvalue weighted by atomic mass is 10.2. The smallest absolute Gasteiger partial charge is 0.249 e. The lowest BCUT2D eigenvalue weighted by molar-refractivity contribution is -0.126. The largest absolute Gasteiger partial charge is 0.494 e. The number of nitrogens with one attached hydrogen (secondary N) is 2. The molecule has 0 fully saturated rings. The fourth-order valence-corrected chi connectivity index (χ4v) is 3.46. The zero-order valence-electron chi connectivity index (χ0n) is 18.4. The Morgan fingerprint density at radius 1 is 1.03 bits per heavy atom. The summed E-state index contributed by atoms with van der Waals surface area (Å²) in [6.45, 7) is 2.73. The zero-order chi connectivity index (χ0) is 24.3. The maximum atomic E-state index is 12.1. The van der Waals surface area contributed by atoms with E-state index in [2.05, 4.69) is 31.8 Å². The van der Waals surface area contributed by atoms with Crippen LogP contribution >= 0.6 is 27.5 Å². The summed E-state index contributed by atoms with van der Waals surface area (Å²) in [5.74, 6) is 0.265. The average molecular weight is 545 g/mol. The van der Waals surface area contributed by atoms with Crippen molar-refractivity contribution < 1.29 is 19.1 Å². The summed E-state index contributed by atoms with van der Waals surface area (Å²) in [5.41, 5.74) is 4.42. The van der Waals surface area contributed by atoms with Crippen LogP contribution in [-0.2, 0) is 16.2 Å². The molecular weight excluding hydrogens is 522 g/mol. The van der Waals surface area contributed by atoms with Crippen LogP contribution in [0.15, 0.2) is 76.3 Å². The molecule has 0 aromatic heterocycles. The molecule has 34 heavy (non-hydrogen) atoms. The third-order valence-electron chi connectivity index (χ3n) is 4.48. The first-order valence-electron chi connectivity index (χ1n) is 10.4. The van der Waals surface area contributed by atoms with Crippen molar-refractivity contribution >= 4 is 51.2 Å². The minimum absolute atomic E-state index is 0.278. The lowest BCUT2D eigenvalue weighted by Crippen LogP contribution is -2.24. The molecule has 7 nitrogen and oxygen atoms in total. The van der Waals surface area contributed by atoms with E-state index in [0.29, 0.717) is 34.4 Å². The monoisotopic (exact) mass is 543 g/mol. The van der Waals surface area contributed by atoms with Gasteiger partial charge < -0.3 is 14.8 Å². The number of hydrogen-bond acceptors (Lipinski definition) is 5. The second-order valence-electron chi connectivity index (χ2n) is 7.04. The van der Waals surface area contributed by atoms with E-state index in [1.807, 2.05) is 31.2 Å². The molecule has 0 aliphatic rings. The molecule has 3 aromatic carbocycles. The van der Waals surface area contributed by atoms with Gasteiger partial charge in [0.1, 0.15) is 24.5 Å². The summed E-state index contributed by atoms with van der Waals surface area (Å²) in [7, 11) is 0. The van der Waals surface area contributed by atoms with Crippen LogP contribution in [0.3, 0.4) is 0 Å². The second-order valence-corrected chi connectivity index (χ2v) is 8.36. The van der Waals surface area contributed by atoms with Gasteiger partial charge in [0.15, 0.2) is 0 Å². The van der Waals surface area contributed by atoms with Gasteiger partial charge in [-0.2, -0.15) is 5.10 Å². The Labute approximate surface area is 211 Å². The van der Waals surface area contributed by atoms with Crippen molar-refractivity contribution in [2.24, 2.45) is 5.10 Å². The van der Waals surface area contributed by atoms with E-state index in [4.69, 9.17) is 21.1 Å². The summed E-state index contributed by atoms with van der Waals surface area (Å²) >= 11 is 9.60. The number of anilines is 1. The lowest BCUT2D eigenvalue weighted by Gasteiger charge is -2.10. The summed E-state index contributed by atoms with van der Waals surface area (Å²) < 4.78 is 12.1. The van der Waals surface area contributed by atoms with Gasteiger partial charge in [0.2, 0.25) is 11.8 Å². The molecular formula is C25H23BrClN3O4. The molecule has 3 rings (SSSR count). The fraction of sp³-hybridized carbons (Fsp3) is 0.160. The highest BCUT2D eigenvalue weighted by molar-refractivity contribution is 9.10. The van der Waals surface area contributed by atoms with Crippen molar-refractivity contribution in [3.05, 3.63) is 87.4 Å². The van der Waals surface area contributed by atoms with Crippen molar-refractivity contribution in [3.8, 4) is 11.5 Å². The van der Waals surface area contributed by atoms with Crippen LogP contribution in [0.25, 0.3) is 0 Å². The summed E-state index contributed by atoms with van der Waals surface area (Å²) in [6.07, 6.45) is 1.08. The van der Waals surface area contributed by atoms with E-state index < -0.39 is 11.8 Å². The Balaban J connectivity index is 1.53. The van der Waals surface area contributed by atoms with Crippen LogP contribution in [0.1, 0.15) is 24.5 Å². The van der Waals surface area contributed by atoms with Gasteiger partial charge in [0, 0.05) is 26.3 Å². The number of halogens is 2. The Morgan fingerprint density at radius 2 is 1.79 bits per heavy atom. The number of nitrogens with zero attached hydrogens (tertiary/aromatic N) is 1. The molecule has 0 heterocycles. The standard InChI is InChI=1S/C25H23BrClN3O4/c1-2-33-21-10-8-20(9-11-21)29-24(31)14-25(32)30-28-15-18-13-19(26)7-12-23(18)34-16-17-5-3-4-6-22(17)27/h3-13,15H,2,14,16H2,1H3,(H,29,31)(H,30,32). The first kappa shape index (κ1) is 25.3. The SMILES string of the molecule is CCOc1ccc(NC(=O)CC(=O)NN=Cc2cc(Br)ccc2OCc2ccccc2Cl)cc1. The van der Waals surface area contributed by atoms with Crippen molar-refractivity contribution in [2.75, 3.05) is 11.9 Å². The fourth-order valence-electron chi connectivity index (χ4n) is 2.89. The minimum Gasteiger partial charge on any atom is -0.494 e. The predicted octanol–water partition coefficient (Wildman–Crippen LogP) is 5.56. The van der Waals surface area contributed by atoms with E-state index in [1.54, 1.807) is 42.5 Å². The van der Waals surface area contributed by atoms with Crippen LogP contribution in [0.4, 0.5) is 5.69 Å². The van der Waals surface area contributed by atoms with Gasteiger partial charge in [-0.3, -0.25) is 9.59 Å². The number of hydrogen-bond donors (Lipinski definition) is 2. The van der Waals surface area contributed by atoms with E-state index >= 15 is 0 Å². The first-order chi connectivity index (χ1) is 16.4. The van der Waals surface area contributed by atoms with E-state index in [9.17, 15) is 9.59 Å². The highest BCUT2D eigenvalue weighted by atomic mass is 79.9. The van der Waals surface area contributed by atoms with Crippen LogP contribution in [0.5, 0.6) is 11.5 Å². The van der Waals surface area contributed by atoms with Crippen molar-refractivity contribution in [1.82, 2.24) is 5.43 Å². The third-order valence-corrected chi connectivity index (χ3v) is 5.34. The topological polar surface area (TPSA) is 89.0 Å². The molecule has 0 aliphatic heterocycles. The van der Waals surface area contributed by atoms with Crippen molar-refractivity contribution in [1.29, 1.82) is 0 Å². The van der Waals surface area contributed by atoms with Gasteiger partial charge in [0.25, 0.3) is 0 Å². The number of carbonyl (C=O) groups is 2. The molecule has 0 atom stereocenters. The maximum absolute atomic E-state index is 12.1. The second kappa shape index (κ2) is 12.8. The molecule has 0 spiro atoms. The molecule has 0 aliphatic carbocycles. The van der Waals surface area contributed by atoms with Gasteiger partial charge in [-0.1, -0.05) is 45.7 Å². The molecule has 3 aromatic rings. The molecule has 2 N–H and O–H groups in total. The number of amides is 2. The highest BCUT2D eigenvalue weighted by Crippen LogP contribution is 2.24. The quantitative estimate of drug-likeness (QED) is 0.199. The normalized spacial score (nSPS) is 10.7. The van der Waals surface area contributed by atoms with Crippen LogP contribution in [0, 0.1) is 0 Å². The van der Waals surface area contributed by atoms with E-state index in [0.717, 1.165) is 10.0 Å². The summed E-state index contributed by atoms with van der Waals surface area (Å²) in [6, 6.07) is 19.7. The third kappa shape index (κ3) is 7.90. The van der Waals surface area contributed by atoms with Crippen molar-refractivity contribution in [2.45, 2.75) is 20.0 Å². The highest BCUT2D eigenvalue weighted by Gasteiger charge is 2.10. The average Bonchev–Trinajstić information content (AvgIpc) is 2.81. The van der Waals surface area contributed by atoms with Crippen LogP contribution < -0.4 is 20.2 Å². The molecule has 0 unspecified atom stereocenters. The molecule has 0 saturated carbocycles. The maximum Gasteiger partial charge on any atom is 0.249 e. The minimum atomic E-state index is -0.548. The summed E-state index contributed by atoms with van der Waals surface area (Å²) in [5, 5.41) is 7.24. The molecule has 9 heteroatoms. The predicted molar refractivity (Wildman–Crippen MR) is 137 cm³/mol. The number of ether oxygens (including phenoxy) is 2. The van der Waals surface area contributed by atoms with E-state index in [1.165, 1.54) is 6.21 Å².